The minimum atomic E-state index is -3.11. The summed E-state index contributed by atoms with van der Waals surface area (Å²) in [6.45, 7) is 6.09. The summed E-state index contributed by atoms with van der Waals surface area (Å²) in [5.41, 5.74) is 2.83. The molecule has 0 unspecified atom stereocenters. The number of carbonyl (C=O) groups is 3. The summed E-state index contributed by atoms with van der Waals surface area (Å²) < 4.78 is 31.5. The van der Waals surface area contributed by atoms with Crippen LogP contribution in [0.1, 0.15) is 56.6 Å². The lowest BCUT2D eigenvalue weighted by molar-refractivity contribution is -0.141. The van der Waals surface area contributed by atoms with E-state index >= 15 is 0 Å². The van der Waals surface area contributed by atoms with Gasteiger partial charge in [0, 0.05) is 64.0 Å². The van der Waals surface area contributed by atoms with Crippen molar-refractivity contribution in [1.29, 1.82) is 0 Å². The Morgan fingerprint density at radius 2 is 1.47 bits per heavy atom. The van der Waals surface area contributed by atoms with Crippen molar-refractivity contribution >= 4 is 65.6 Å². The van der Waals surface area contributed by atoms with Crippen molar-refractivity contribution in [3.8, 4) is 5.75 Å². The number of halogens is 2. The van der Waals surface area contributed by atoms with Crippen molar-refractivity contribution in [2.24, 2.45) is 11.8 Å². The number of aromatic hydroxyl groups is 1. The molecule has 3 saturated heterocycles. The Bertz CT molecular complexity index is 1690. The molecule has 0 aliphatic carbocycles. The van der Waals surface area contributed by atoms with Crippen molar-refractivity contribution in [2.45, 2.75) is 70.4 Å². The number of aliphatic hydroxyl groups excluding tert-OH is 1. The van der Waals surface area contributed by atoms with E-state index in [0.29, 0.717) is 66.6 Å². The van der Waals surface area contributed by atoms with Crippen LogP contribution in [0.3, 0.4) is 0 Å². The Hall–Kier alpha value is -2.92. The van der Waals surface area contributed by atoms with Crippen molar-refractivity contribution in [3.05, 3.63) is 56.5 Å². The molecule has 4 amide bonds. The van der Waals surface area contributed by atoms with Gasteiger partial charge in [-0.3, -0.25) is 4.79 Å². The third kappa shape index (κ3) is 10.4. The first kappa shape index (κ1) is 41.2. The number of likely N-dealkylation sites (tertiary alicyclic amines) is 2. The molecule has 16 heteroatoms. The summed E-state index contributed by atoms with van der Waals surface area (Å²) in [4.78, 5) is 42.1. The molecule has 0 radical (unpaired) electrons. The molecule has 4 heterocycles. The highest BCUT2D eigenvalue weighted by molar-refractivity contribution is 9.11. The van der Waals surface area contributed by atoms with Gasteiger partial charge in [0.25, 0.3) is 5.91 Å². The zero-order valence-corrected chi connectivity index (χ0v) is 34.4. The average molecular weight is 886 g/mol. The van der Waals surface area contributed by atoms with Crippen LogP contribution in [-0.2, 0) is 32.4 Å². The standard InChI is InChI=1S/C21H30Br2N2O5S.C16H21N3O3/c1-2-31(29,30)25-9-5-16(6-10-25)15-3-7-24(8-4-15)21(28)19(26)13-14-11-17(22)20(27)18(23)12-14;1-22-16(21)18-9-7-13(8-10-18)19-11-6-12-4-2-3-5-14(12)17-15(19)20/h11-12,15-16,19,26-27H,2-10,13H2,1H3;2-5,13H,6-11H2,1H3,(H,17,20)/t19-;/m1./s1. The Morgan fingerprint density at radius 3 is 2.06 bits per heavy atom. The second-order valence-corrected chi connectivity index (χ2v) is 18.1. The van der Waals surface area contributed by atoms with Gasteiger partial charge in [-0.25, -0.2) is 22.3 Å². The van der Waals surface area contributed by atoms with Crippen LogP contribution in [0.4, 0.5) is 15.3 Å². The van der Waals surface area contributed by atoms with E-state index < -0.39 is 16.1 Å². The molecule has 0 spiro atoms. The number of nitrogens with one attached hydrogen (secondary N) is 1. The zero-order valence-electron chi connectivity index (χ0n) is 30.4. The minimum absolute atomic E-state index is 0.0403. The van der Waals surface area contributed by atoms with Gasteiger partial charge < -0.3 is 35.0 Å². The van der Waals surface area contributed by atoms with Crippen LogP contribution in [0.25, 0.3) is 0 Å². The number of nitrogens with zero attached hydrogens (tertiary/aromatic N) is 4. The summed E-state index contributed by atoms with van der Waals surface area (Å²) in [6.07, 6.45) is 4.74. The summed E-state index contributed by atoms with van der Waals surface area (Å²) in [5, 5.41) is 23.3. The molecular formula is C37H51Br2N5O8S. The normalized spacial score (nSPS) is 20.1. The molecule has 13 nitrogen and oxygen atoms in total. The van der Waals surface area contributed by atoms with Gasteiger partial charge >= 0.3 is 12.1 Å². The van der Waals surface area contributed by atoms with Crippen LogP contribution in [0.5, 0.6) is 5.75 Å². The molecule has 53 heavy (non-hydrogen) atoms. The fourth-order valence-corrected chi connectivity index (χ4v) is 10.3. The van der Waals surface area contributed by atoms with Gasteiger partial charge in [-0.1, -0.05) is 18.2 Å². The van der Waals surface area contributed by atoms with E-state index in [1.807, 2.05) is 23.1 Å². The quantitative estimate of drug-likeness (QED) is 0.332. The number of hydrogen-bond donors (Lipinski definition) is 3. The maximum Gasteiger partial charge on any atom is 0.409 e. The van der Waals surface area contributed by atoms with Gasteiger partial charge in [0.15, 0.2) is 0 Å². The van der Waals surface area contributed by atoms with Crippen LogP contribution < -0.4 is 5.32 Å². The number of hydrogen-bond acceptors (Lipinski definition) is 8. The molecule has 2 aromatic carbocycles. The molecule has 0 aromatic heterocycles. The molecule has 4 aliphatic rings. The number of sulfonamides is 1. The molecule has 0 bridgehead atoms. The predicted molar refractivity (Wildman–Crippen MR) is 209 cm³/mol. The largest absolute Gasteiger partial charge is 0.506 e. The third-order valence-electron chi connectivity index (χ3n) is 11.0. The third-order valence-corrected chi connectivity index (χ3v) is 14.1. The molecule has 0 saturated carbocycles. The average Bonchev–Trinajstić information content (AvgIpc) is 3.34. The number of piperidine rings is 3. The summed E-state index contributed by atoms with van der Waals surface area (Å²) in [7, 11) is -1.71. The highest BCUT2D eigenvalue weighted by Crippen LogP contribution is 2.35. The van der Waals surface area contributed by atoms with Gasteiger partial charge in [-0.2, -0.15) is 0 Å². The number of ether oxygens (including phenoxy) is 1. The van der Waals surface area contributed by atoms with E-state index in [1.54, 1.807) is 33.2 Å². The summed E-state index contributed by atoms with van der Waals surface area (Å²) in [6, 6.07) is 11.5. The van der Waals surface area contributed by atoms with Crippen molar-refractivity contribution in [1.82, 2.24) is 19.0 Å². The first-order valence-electron chi connectivity index (χ1n) is 18.4. The van der Waals surface area contributed by atoms with Crippen LogP contribution >= 0.6 is 31.9 Å². The van der Waals surface area contributed by atoms with E-state index in [1.165, 1.54) is 12.7 Å². The number of fused-ring (bicyclic) bond motifs is 1. The lowest BCUT2D eigenvalue weighted by Crippen LogP contribution is -2.50. The Morgan fingerprint density at radius 1 is 0.906 bits per heavy atom. The first-order valence-corrected chi connectivity index (χ1v) is 21.6. The Labute approximate surface area is 329 Å². The van der Waals surface area contributed by atoms with Crippen molar-refractivity contribution in [3.63, 3.8) is 0 Å². The van der Waals surface area contributed by atoms with Crippen LogP contribution in [0, 0.1) is 11.8 Å². The maximum atomic E-state index is 12.7. The zero-order chi connectivity index (χ0) is 38.3. The van der Waals surface area contributed by atoms with E-state index in [4.69, 9.17) is 4.74 Å². The molecule has 6 rings (SSSR count). The maximum absolute atomic E-state index is 12.7. The van der Waals surface area contributed by atoms with Crippen LogP contribution in [0.2, 0.25) is 0 Å². The van der Waals surface area contributed by atoms with Crippen LogP contribution in [0.15, 0.2) is 45.3 Å². The molecule has 292 valence electrons. The van der Waals surface area contributed by atoms with Gasteiger partial charge in [0.05, 0.1) is 21.8 Å². The molecule has 3 fully saturated rings. The summed E-state index contributed by atoms with van der Waals surface area (Å²) in [5.74, 6) is 0.972. The number of benzene rings is 2. The SMILES string of the molecule is CCS(=O)(=O)N1CCC(C2CCN(C(=O)[C@H](O)Cc3cc(Br)c(O)c(Br)c3)CC2)CC1.COC(=O)N1CCC(N2CCc3ccccc3NC2=O)CC1. The van der Waals surface area contributed by atoms with E-state index in [9.17, 15) is 33.0 Å². The topological polar surface area (TPSA) is 160 Å². The fourth-order valence-electron chi connectivity index (χ4n) is 7.88. The highest BCUT2D eigenvalue weighted by Gasteiger charge is 2.35. The molecule has 3 N–H and O–H groups in total. The van der Waals surface area contributed by atoms with E-state index in [0.717, 1.165) is 56.2 Å². The number of phenols is 1. The molecule has 2 aromatic rings. The molecular weight excluding hydrogens is 834 g/mol. The van der Waals surface area contributed by atoms with Crippen LogP contribution in [-0.4, -0.2) is 126 Å². The number of carbonyl (C=O) groups excluding carboxylic acids is 3. The first-order chi connectivity index (χ1) is 25.3. The van der Waals surface area contributed by atoms with Crippen molar-refractivity contribution < 1.29 is 37.8 Å². The van der Waals surface area contributed by atoms with Gasteiger partial charge in [-0.15, -0.1) is 0 Å². The van der Waals surface area contributed by atoms with Gasteiger partial charge in [0.2, 0.25) is 10.0 Å². The Balaban J connectivity index is 0.000000216. The van der Waals surface area contributed by atoms with Gasteiger partial charge in [-0.05, 0) is 125 Å². The number of methoxy groups -OCH3 is 1. The molecule has 1 atom stereocenters. The lowest BCUT2D eigenvalue weighted by Gasteiger charge is -2.40. The lowest BCUT2D eigenvalue weighted by atomic mass is 9.79. The van der Waals surface area contributed by atoms with E-state index in [-0.39, 0.29) is 42.0 Å². The summed E-state index contributed by atoms with van der Waals surface area (Å²) >= 11 is 6.54. The van der Waals surface area contributed by atoms with E-state index in [2.05, 4.69) is 43.2 Å². The number of amides is 4. The number of rotatable bonds is 7. The smallest absolute Gasteiger partial charge is 0.409 e. The predicted octanol–water partition coefficient (Wildman–Crippen LogP) is 5.43. The number of aliphatic hydroxyl groups is 1. The second kappa shape index (κ2) is 18.6. The highest BCUT2D eigenvalue weighted by atomic mass is 79.9. The Kier molecular flexibility index (Phi) is 14.5. The minimum Gasteiger partial charge on any atom is -0.506 e. The number of anilines is 1. The molecule has 4 aliphatic heterocycles. The monoisotopic (exact) mass is 883 g/mol. The van der Waals surface area contributed by atoms with Gasteiger partial charge in [0.1, 0.15) is 11.9 Å². The fraction of sp³-hybridized carbons (Fsp3) is 0.595. The second-order valence-electron chi connectivity index (χ2n) is 14.1. The number of phenolic OH excluding ortho intramolecular Hbond substituents is 1. The van der Waals surface area contributed by atoms with Crippen molar-refractivity contribution in [2.75, 3.05) is 64.0 Å². The number of para-hydroxylation sites is 1. The number of urea groups is 1.